The first kappa shape index (κ1) is 11.1. The van der Waals surface area contributed by atoms with Crippen molar-refractivity contribution in [1.82, 2.24) is 9.97 Å². The Bertz CT molecular complexity index is 554. The van der Waals surface area contributed by atoms with E-state index in [-0.39, 0.29) is 5.91 Å². The first-order chi connectivity index (χ1) is 8.16. The Morgan fingerprint density at radius 2 is 2.18 bits per heavy atom. The third kappa shape index (κ3) is 2.57. The third-order valence-electron chi connectivity index (χ3n) is 2.33. The van der Waals surface area contributed by atoms with Crippen molar-refractivity contribution in [1.29, 1.82) is 0 Å². The van der Waals surface area contributed by atoms with Gasteiger partial charge in [0.2, 0.25) is 0 Å². The molecule has 0 aliphatic rings. The summed E-state index contributed by atoms with van der Waals surface area (Å²) in [4.78, 5) is 19.7. The smallest absolute Gasteiger partial charge is 0.255 e. The molecule has 86 valence electrons. The lowest BCUT2D eigenvalue weighted by Gasteiger charge is -2.07. The van der Waals surface area contributed by atoms with Crippen LogP contribution in [0.5, 0.6) is 0 Å². The molecule has 1 amide bonds. The number of nitrogen functional groups attached to an aromatic ring is 1. The highest BCUT2D eigenvalue weighted by Crippen LogP contribution is 2.13. The standard InChI is InChI=1S/C12H12N4O/c1-8-2-4-14-7-10(8)16-12(17)9-3-5-15-11(13)6-9/h2-7H,1H3,(H2,13,15)(H,16,17). The Morgan fingerprint density at radius 1 is 1.35 bits per heavy atom. The predicted octanol–water partition coefficient (Wildman–Crippen LogP) is 1.62. The lowest BCUT2D eigenvalue weighted by molar-refractivity contribution is 0.102. The molecule has 2 aromatic rings. The zero-order valence-electron chi connectivity index (χ0n) is 9.34. The van der Waals surface area contributed by atoms with Gasteiger partial charge in [0, 0.05) is 18.0 Å². The molecule has 5 heteroatoms. The van der Waals surface area contributed by atoms with Crippen LogP contribution in [0.3, 0.4) is 0 Å². The Hall–Kier alpha value is -2.43. The van der Waals surface area contributed by atoms with E-state index in [2.05, 4.69) is 15.3 Å². The van der Waals surface area contributed by atoms with Gasteiger partial charge in [0.1, 0.15) is 5.82 Å². The van der Waals surface area contributed by atoms with Crippen LogP contribution < -0.4 is 11.1 Å². The van der Waals surface area contributed by atoms with E-state index in [1.807, 2.05) is 13.0 Å². The largest absolute Gasteiger partial charge is 0.384 e. The molecule has 0 fully saturated rings. The quantitative estimate of drug-likeness (QED) is 0.818. The maximum absolute atomic E-state index is 11.9. The van der Waals surface area contributed by atoms with Crippen LogP contribution in [0.15, 0.2) is 36.8 Å². The number of carbonyl (C=O) groups is 1. The van der Waals surface area contributed by atoms with Crippen LogP contribution >= 0.6 is 0 Å². The van der Waals surface area contributed by atoms with Crippen LogP contribution in [0.2, 0.25) is 0 Å². The highest BCUT2D eigenvalue weighted by molar-refractivity contribution is 6.04. The van der Waals surface area contributed by atoms with E-state index in [4.69, 9.17) is 5.73 Å². The highest BCUT2D eigenvalue weighted by atomic mass is 16.1. The van der Waals surface area contributed by atoms with Gasteiger partial charge in [-0.25, -0.2) is 4.98 Å². The van der Waals surface area contributed by atoms with E-state index in [0.29, 0.717) is 17.1 Å². The summed E-state index contributed by atoms with van der Waals surface area (Å²) >= 11 is 0. The first-order valence-corrected chi connectivity index (χ1v) is 5.10. The number of nitrogens with zero attached hydrogens (tertiary/aromatic N) is 2. The molecule has 0 unspecified atom stereocenters. The second-order valence-corrected chi connectivity index (χ2v) is 3.61. The normalized spacial score (nSPS) is 9.94. The minimum atomic E-state index is -0.227. The average Bonchev–Trinajstić information content (AvgIpc) is 2.32. The van der Waals surface area contributed by atoms with Crippen molar-refractivity contribution >= 4 is 17.4 Å². The van der Waals surface area contributed by atoms with E-state index >= 15 is 0 Å². The number of rotatable bonds is 2. The van der Waals surface area contributed by atoms with Crippen LogP contribution in [0.25, 0.3) is 0 Å². The Balaban J connectivity index is 2.20. The van der Waals surface area contributed by atoms with Gasteiger partial charge in [-0.15, -0.1) is 0 Å². The molecule has 0 aromatic carbocycles. The summed E-state index contributed by atoms with van der Waals surface area (Å²) in [6, 6.07) is 4.97. The number of aryl methyl sites for hydroxylation is 1. The second kappa shape index (κ2) is 4.61. The number of hydrogen-bond acceptors (Lipinski definition) is 4. The summed E-state index contributed by atoms with van der Waals surface area (Å²) in [6.45, 7) is 1.90. The lowest BCUT2D eigenvalue weighted by atomic mass is 10.2. The molecule has 2 aromatic heterocycles. The van der Waals surface area contributed by atoms with Gasteiger partial charge in [-0.3, -0.25) is 9.78 Å². The summed E-state index contributed by atoms with van der Waals surface area (Å²) in [7, 11) is 0. The monoisotopic (exact) mass is 228 g/mol. The molecule has 0 spiro atoms. The average molecular weight is 228 g/mol. The van der Waals surface area contributed by atoms with Crippen molar-refractivity contribution in [3.63, 3.8) is 0 Å². The van der Waals surface area contributed by atoms with Crippen LogP contribution in [-0.4, -0.2) is 15.9 Å². The van der Waals surface area contributed by atoms with Crippen molar-refractivity contribution in [3.05, 3.63) is 47.9 Å². The van der Waals surface area contributed by atoms with Crippen molar-refractivity contribution in [3.8, 4) is 0 Å². The van der Waals surface area contributed by atoms with Gasteiger partial charge >= 0.3 is 0 Å². The summed E-state index contributed by atoms with van der Waals surface area (Å²) in [5, 5.41) is 2.77. The molecule has 0 radical (unpaired) electrons. The molecule has 0 saturated heterocycles. The fourth-order valence-electron chi connectivity index (χ4n) is 1.38. The molecule has 3 N–H and O–H groups in total. The van der Waals surface area contributed by atoms with Gasteiger partial charge in [-0.05, 0) is 30.7 Å². The van der Waals surface area contributed by atoms with E-state index in [0.717, 1.165) is 5.56 Å². The van der Waals surface area contributed by atoms with E-state index in [1.54, 1.807) is 18.5 Å². The molecular weight excluding hydrogens is 216 g/mol. The SMILES string of the molecule is Cc1ccncc1NC(=O)c1ccnc(N)c1. The Morgan fingerprint density at radius 3 is 2.88 bits per heavy atom. The van der Waals surface area contributed by atoms with Gasteiger partial charge in [0.25, 0.3) is 5.91 Å². The fourth-order valence-corrected chi connectivity index (χ4v) is 1.38. The van der Waals surface area contributed by atoms with Crippen molar-refractivity contribution in [2.45, 2.75) is 6.92 Å². The van der Waals surface area contributed by atoms with Gasteiger partial charge in [-0.1, -0.05) is 0 Å². The topological polar surface area (TPSA) is 80.9 Å². The fraction of sp³-hybridized carbons (Fsp3) is 0.0833. The number of nitrogens with one attached hydrogen (secondary N) is 1. The first-order valence-electron chi connectivity index (χ1n) is 5.10. The molecule has 0 aliphatic carbocycles. The predicted molar refractivity (Wildman–Crippen MR) is 65.6 cm³/mol. The van der Waals surface area contributed by atoms with Gasteiger partial charge in [0.15, 0.2) is 0 Å². The number of hydrogen-bond donors (Lipinski definition) is 2. The molecule has 0 saturated carbocycles. The second-order valence-electron chi connectivity index (χ2n) is 3.61. The number of aromatic nitrogens is 2. The molecule has 0 atom stereocenters. The maximum atomic E-state index is 11.9. The number of pyridine rings is 2. The molecule has 0 aliphatic heterocycles. The van der Waals surface area contributed by atoms with Crippen LogP contribution in [0, 0.1) is 6.92 Å². The van der Waals surface area contributed by atoms with E-state index < -0.39 is 0 Å². The summed E-state index contributed by atoms with van der Waals surface area (Å²) < 4.78 is 0. The van der Waals surface area contributed by atoms with Crippen molar-refractivity contribution < 1.29 is 4.79 Å². The highest BCUT2D eigenvalue weighted by Gasteiger charge is 2.07. The minimum absolute atomic E-state index is 0.227. The third-order valence-corrected chi connectivity index (χ3v) is 2.33. The number of amides is 1. The Labute approximate surface area is 98.7 Å². The Kier molecular flexibility index (Phi) is 3.00. The summed E-state index contributed by atoms with van der Waals surface area (Å²) in [5.41, 5.74) is 7.63. The molecule has 0 bridgehead atoms. The van der Waals surface area contributed by atoms with Crippen LogP contribution in [0.4, 0.5) is 11.5 Å². The van der Waals surface area contributed by atoms with Gasteiger partial charge in [-0.2, -0.15) is 0 Å². The van der Waals surface area contributed by atoms with Gasteiger partial charge in [0.05, 0.1) is 11.9 Å². The minimum Gasteiger partial charge on any atom is -0.384 e. The molecule has 2 rings (SSSR count). The molecule has 17 heavy (non-hydrogen) atoms. The van der Waals surface area contributed by atoms with E-state index in [1.165, 1.54) is 12.3 Å². The molecular formula is C12H12N4O. The van der Waals surface area contributed by atoms with Crippen molar-refractivity contribution in [2.24, 2.45) is 0 Å². The molecule has 2 heterocycles. The van der Waals surface area contributed by atoms with Crippen LogP contribution in [0.1, 0.15) is 15.9 Å². The van der Waals surface area contributed by atoms with Crippen molar-refractivity contribution in [2.75, 3.05) is 11.1 Å². The zero-order chi connectivity index (χ0) is 12.3. The van der Waals surface area contributed by atoms with Gasteiger partial charge < -0.3 is 11.1 Å². The van der Waals surface area contributed by atoms with Crippen LogP contribution in [-0.2, 0) is 0 Å². The zero-order valence-corrected chi connectivity index (χ0v) is 9.34. The van der Waals surface area contributed by atoms with E-state index in [9.17, 15) is 4.79 Å². The molecule has 5 nitrogen and oxygen atoms in total. The number of nitrogens with two attached hydrogens (primary N) is 1. The lowest BCUT2D eigenvalue weighted by Crippen LogP contribution is -2.13. The number of anilines is 2. The maximum Gasteiger partial charge on any atom is 0.255 e. The number of carbonyl (C=O) groups excluding carboxylic acids is 1. The summed E-state index contributed by atoms with van der Waals surface area (Å²) in [6.07, 6.45) is 4.79. The summed E-state index contributed by atoms with van der Waals surface area (Å²) in [5.74, 6) is 0.0933.